The van der Waals surface area contributed by atoms with Crippen molar-refractivity contribution in [1.29, 1.82) is 0 Å². The molecule has 0 radical (unpaired) electrons. The molecule has 0 aliphatic heterocycles. The van der Waals surface area contributed by atoms with Crippen molar-refractivity contribution in [2.24, 2.45) is 0 Å². The minimum Gasteiger partial charge on any atom is -0.309 e. The van der Waals surface area contributed by atoms with E-state index in [1.165, 1.54) is 99.1 Å². The highest BCUT2D eigenvalue weighted by molar-refractivity contribution is 6.13. The SMILES string of the molecule is CC(C)(C)c1cc(-c2cccc3cccc(-c4ccccc4N(c4ccc(-c5ccccc5)cc4-c4ccccc4)c4cc(-c5cccc6cc(CC(C)(C)c7cc(-c8cccc9cccc(-c%10ccccc%10N(c%10ccccc%10-c%10ccccc%10)c%10ccc(-c%11ccccc%11)cc%10-c%10ccccc%10)c89)cc(C(C)(C)C)c7)ccc56)ccc4-c4ccccc4)c23)cc(C(C)(C)C)c1. The quantitative estimate of drug-likeness (QED) is 0.0750. The van der Waals surface area contributed by atoms with E-state index >= 15 is 0 Å². The molecule has 2 nitrogen and oxygen atoms in total. The zero-order valence-electron chi connectivity index (χ0n) is 77.4. The van der Waals surface area contributed by atoms with E-state index in [0.717, 1.165) is 124 Å². The molecule has 2 heteroatoms. The number of benzene rings is 20. The van der Waals surface area contributed by atoms with Gasteiger partial charge >= 0.3 is 0 Å². The largest absolute Gasteiger partial charge is 0.309 e. The number of para-hydroxylation sites is 3. The fourth-order valence-electron chi connectivity index (χ4n) is 19.8. The van der Waals surface area contributed by atoms with Gasteiger partial charge in [0.1, 0.15) is 0 Å². The van der Waals surface area contributed by atoms with Gasteiger partial charge in [0.25, 0.3) is 0 Å². The molecule has 20 aromatic carbocycles. The number of hydrogen-bond donors (Lipinski definition) is 0. The molecule has 0 unspecified atom stereocenters. The van der Waals surface area contributed by atoms with Crippen LogP contribution in [0, 0.1) is 0 Å². The average molecular weight is 1700 g/mol. The fourth-order valence-corrected chi connectivity index (χ4v) is 19.8. The summed E-state index contributed by atoms with van der Waals surface area (Å²) in [5.74, 6) is 0. The summed E-state index contributed by atoms with van der Waals surface area (Å²) < 4.78 is 0. The van der Waals surface area contributed by atoms with Gasteiger partial charge in [-0.1, -0.05) is 483 Å². The Labute approximate surface area is 780 Å². The monoisotopic (exact) mass is 1700 g/mol. The Balaban J connectivity index is 0.715. The summed E-state index contributed by atoms with van der Waals surface area (Å²) in [5.41, 5.74) is 37.7. The third kappa shape index (κ3) is 16.9. The Morgan fingerprint density at radius 2 is 0.477 bits per heavy atom. The molecule has 0 N–H and O–H groups in total. The molecule has 0 spiro atoms. The van der Waals surface area contributed by atoms with Crippen molar-refractivity contribution in [2.75, 3.05) is 9.80 Å². The lowest BCUT2D eigenvalue weighted by Gasteiger charge is -2.33. The zero-order valence-corrected chi connectivity index (χ0v) is 77.4. The minimum absolute atomic E-state index is 0.0739. The Morgan fingerprint density at radius 3 is 0.902 bits per heavy atom. The van der Waals surface area contributed by atoms with Gasteiger partial charge in [-0.05, 0) is 226 Å². The summed E-state index contributed by atoms with van der Waals surface area (Å²) in [5, 5.41) is 7.20. The van der Waals surface area contributed by atoms with E-state index in [1.54, 1.807) is 0 Å². The molecule has 132 heavy (non-hydrogen) atoms. The Bertz CT molecular complexity index is 7610. The number of fused-ring (bicyclic) bond motifs is 3. The van der Waals surface area contributed by atoms with Crippen molar-refractivity contribution in [1.82, 2.24) is 0 Å². The molecule has 0 atom stereocenters. The molecule has 0 saturated carbocycles. The molecule has 0 amide bonds. The van der Waals surface area contributed by atoms with Gasteiger partial charge in [0.15, 0.2) is 0 Å². The smallest absolute Gasteiger partial charge is 0.0546 e. The number of anilines is 6. The van der Waals surface area contributed by atoms with Crippen molar-refractivity contribution < 1.29 is 0 Å². The van der Waals surface area contributed by atoms with E-state index in [0.29, 0.717) is 0 Å². The van der Waals surface area contributed by atoms with E-state index < -0.39 is 0 Å². The number of hydrogen-bond acceptors (Lipinski definition) is 2. The van der Waals surface area contributed by atoms with Crippen LogP contribution in [0.2, 0.25) is 0 Å². The van der Waals surface area contributed by atoms with E-state index in [9.17, 15) is 0 Å². The summed E-state index contributed by atoms with van der Waals surface area (Å²) in [6, 6.07) is 171. The summed E-state index contributed by atoms with van der Waals surface area (Å²) >= 11 is 0. The first kappa shape index (κ1) is 84.9. The lowest BCUT2D eigenvalue weighted by Crippen LogP contribution is -2.22. The molecule has 0 fully saturated rings. The van der Waals surface area contributed by atoms with Crippen LogP contribution < -0.4 is 9.80 Å². The maximum atomic E-state index is 2.59. The lowest BCUT2D eigenvalue weighted by molar-refractivity contribution is 0.518. The Kier molecular flexibility index (Phi) is 22.7. The van der Waals surface area contributed by atoms with Crippen LogP contribution in [0.5, 0.6) is 0 Å². The van der Waals surface area contributed by atoms with Crippen molar-refractivity contribution in [3.63, 3.8) is 0 Å². The standard InChI is InChI=1S/C130H110N2/c1-127(2,3)103-78-101(79-104(85-103)128(4,5)6)111-62-36-53-95-55-39-65-116(125(95)111)114-60-32-35-68-121(114)132(123-76-72-98(90-43-20-13-21-44-90)83-118(123)94-51-28-17-29-52-94)124-84-100(70-74-110(124)92-47-24-15-25-48-92)107-61-40-57-99-77-88(69-73-108(99)107)87-130(10,11)106-81-102(80-105(86-106)129(7,8)9)112-63-37-54-96-56-38-64-115(126(96)112)113-59-31-34-67-120(113)131(119-66-33-30-58-109(119)91-45-22-14-23-46-91)122-75-71-97(89-41-18-12-19-42-89)82-117(122)93-49-26-16-27-50-93/h12-86H,87H2,1-11H3. The van der Waals surface area contributed by atoms with Crippen LogP contribution >= 0.6 is 0 Å². The molecule has 20 aromatic rings. The second-order valence-electron chi connectivity index (χ2n) is 39.3. The third-order valence-corrected chi connectivity index (χ3v) is 26.9. The van der Waals surface area contributed by atoms with Crippen LogP contribution in [-0.2, 0) is 28.1 Å². The van der Waals surface area contributed by atoms with Crippen LogP contribution in [0.3, 0.4) is 0 Å². The second-order valence-corrected chi connectivity index (χ2v) is 39.3. The third-order valence-electron chi connectivity index (χ3n) is 26.9. The topological polar surface area (TPSA) is 6.48 Å². The Morgan fingerprint density at radius 1 is 0.167 bits per heavy atom. The highest BCUT2D eigenvalue weighted by Crippen LogP contribution is 2.55. The first-order valence-electron chi connectivity index (χ1n) is 46.6. The van der Waals surface area contributed by atoms with Crippen molar-refractivity contribution in [3.8, 4) is 122 Å². The summed E-state index contributed by atoms with van der Waals surface area (Å²) in [7, 11) is 0. The summed E-state index contributed by atoms with van der Waals surface area (Å²) in [6.07, 6.45) is 0.808. The van der Waals surface area contributed by atoms with Crippen LogP contribution in [0.4, 0.5) is 34.1 Å². The highest BCUT2D eigenvalue weighted by atomic mass is 15.2. The van der Waals surface area contributed by atoms with Gasteiger partial charge in [-0.2, -0.15) is 0 Å². The molecular weight excluding hydrogens is 1590 g/mol. The summed E-state index contributed by atoms with van der Waals surface area (Å²) in [6.45, 7) is 26.0. The minimum atomic E-state index is -0.318. The van der Waals surface area contributed by atoms with Gasteiger partial charge in [0.2, 0.25) is 0 Å². The van der Waals surface area contributed by atoms with Crippen LogP contribution in [0.1, 0.15) is 104 Å². The molecule has 640 valence electrons. The molecule has 0 aromatic heterocycles. The lowest BCUT2D eigenvalue weighted by atomic mass is 9.74. The van der Waals surface area contributed by atoms with E-state index in [1.807, 2.05) is 0 Å². The second kappa shape index (κ2) is 35.3. The van der Waals surface area contributed by atoms with Crippen LogP contribution in [-0.4, -0.2) is 0 Å². The van der Waals surface area contributed by atoms with Gasteiger partial charge in [0, 0.05) is 33.4 Å². The molecular formula is C130H110N2. The molecule has 20 rings (SSSR count). The molecule has 0 aliphatic carbocycles. The van der Waals surface area contributed by atoms with Crippen molar-refractivity contribution in [3.05, 3.63) is 483 Å². The Hall–Kier alpha value is -15.2. The van der Waals surface area contributed by atoms with E-state index in [2.05, 4.69) is 541 Å². The highest BCUT2D eigenvalue weighted by Gasteiger charge is 2.32. The first-order valence-corrected chi connectivity index (χ1v) is 46.6. The van der Waals surface area contributed by atoms with Crippen LogP contribution in [0.15, 0.2) is 455 Å². The maximum Gasteiger partial charge on any atom is 0.0546 e. The normalized spacial score (nSPS) is 11.9. The van der Waals surface area contributed by atoms with E-state index in [4.69, 9.17) is 0 Å². The van der Waals surface area contributed by atoms with Crippen LogP contribution in [0.25, 0.3) is 155 Å². The van der Waals surface area contributed by atoms with Crippen molar-refractivity contribution >= 4 is 66.4 Å². The molecule has 0 saturated heterocycles. The molecule has 0 bridgehead atoms. The first-order chi connectivity index (χ1) is 64.1. The zero-order chi connectivity index (χ0) is 90.4. The van der Waals surface area contributed by atoms with Gasteiger partial charge in [-0.25, -0.2) is 0 Å². The summed E-state index contributed by atoms with van der Waals surface area (Å²) in [4.78, 5) is 5.13. The van der Waals surface area contributed by atoms with E-state index in [-0.39, 0.29) is 21.7 Å². The van der Waals surface area contributed by atoms with Gasteiger partial charge in [-0.3, -0.25) is 0 Å². The molecule has 0 aliphatic rings. The number of rotatable bonds is 20. The fraction of sp³-hybridized carbons (Fsp3) is 0.123. The average Bonchev–Trinajstić information content (AvgIpc) is 0.727. The van der Waals surface area contributed by atoms with Gasteiger partial charge in [0.05, 0.1) is 34.1 Å². The maximum absolute atomic E-state index is 2.59. The van der Waals surface area contributed by atoms with Gasteiger partial charge in [-0.15, -0.1) is 0 Å². The predicted octanol–water partition coefficient (Wildman–Crippen LogP) is 36.8. The van der Waals surface area contributed by atoms with Gasteiger partial charge < -0.3 is 9.80 Å². The predicted molar refractivity (Wildman–Crippen MR) is 567 cm³/mol. The number of nitrogens with zero attached hydrogens (tertiary/aromatic N) is 2. The van der Waals surface area contributed by atoms with Crippen molar-refractivity contribution in [2.45, 2.75) is 104 Å². The molecule has 0 heterocycles.